The third-order valence-electron chi connectivity index (χ3n) is 3.58. The number of ether oxygens (including phenoxy) is 1. The van der Waals surface area contributed by atoms with E-state index >= 15 is 0 Å². The molecule has 0 radical (unpaired) electrons. The van der Waals surface area contributed by atoms with E-state index < -0.39 is 0 Å². The van der Waals surface area contributed by atoms with Gasteiger partial charge in [0.15, 0.2) is 0 Å². The van der Waals surface area contributed by atoms with Crippen LogP contribution in [0.4, 0.5) is 5.69 Å². The van der Waals surface area contributed by atoms with Crippen LogP contribution in [0.5, 0.6) is 5.75 Å². The first-order valence-corrected chi connectivity index (χ1v) is 7.10. The lowest BCUT2D eigenvalue weighted by Crippen LogP contribution is -2.50. The Balaban J connectivity index is 2.16. The SMILES string of the molecule is CCOc1cccc(N)c1C(=O)N1CCN(C(C)=O)CC1. The van der Waals surface area contributed by atoms with Gasteiger partial charge in [-0.05, 0) is 19.1 Å². The first kappa shape index (κ1) is 15.2. The van der Waals surface area contributed by atoms with Crippen molar-refractivity contribution in [1.29, 1.82) is 0 Å². The summed E-state index contributed by atoms with van der Waals surface area (Å²) in [5.41, 5.74) is 6.77. The number of benzene rings is 1. The zero-order chi connectivity index (χ0) is 15.4. The average molecular weight is 291 g/mol. The molecule has 6 nitrogen and oxygen atoms in total. The van der Waals surface area contributed by atoms with E-state index in [0.29, 0.717) is 49.8 Å². The number of carbonyl (C=O) groups excluding carboxylic acids is 2. The highest BCUT2D eigenvalue weighted by atomic mass is 16.5. The van der Waals surface area contributed by atoms with Gasteiger partial charge in [0, 0.05) is 38.8 Å². The van der Waals surface area contributed by atoms with Crippen molar-refractivity contribution in [2.24, 2.45) is 0 Å². The molecule has 1 aromatic carbocycles. The van der Waals surface area contributed by atoms with Crippen LogP contribution in [0.25, 0.3) is 0 Å². The van der Waals surface area contributed by atoms with Gasteiger partial charge in [-0.25, -0.2) is 0 Å². The normalized spacial score (nSPS) is 15.0. The molecule has 0 unspecified atom stereocenters. The van der Waals surface area contributed by atoms with E-state index in [1.54, 1.807) is 34.9 Å². The summed E-state index contributed by atoms with van der Waals surface area (Å²) in [6.45, 7) is 6.01. The van der Waals surface area contributed by atoms with Crippen LogP contribution in [0.15, 0.2) is 18.2 Å². The number of nitrogens with zero attached hydrogens (tertiary/aromatic N) is 2. The summed E-state index contributed by atoms with van der Waals surface area (Å²) in [5.74, 6) is 0.410. The summed E-state index contributed by atoms with van der Waals surface area (Å²) in [6, 6.07) is 5.21. The Labute approximate surface area is 124 Å². The number of amides is 2. The maximum Gasteiger partial charge on any atom is 0.259 e. The third kappa shape index (κ3) is 3.26. The van der Waals surface area contributed by atoms with Gasteiger partial charge in [0.2, 0.25) is 5.91 Å². The van der Waals surface area contributed by atoms with Crippen molar-refractivity contribution in [2.45, 2.75) is 13.8 Å². The minimum atomic E-state index is -0.139. The summed E-state index contributed by atoms with van der Waals surface area (Å²) in [4.78, 5) is 27.4. The second-order valence-corrected chi connectivity index (χ2v) is 4.95. The molecule has 2 N–H and O–H groups in total. The van der Waals surface area contributed by atoms with E-state index in [9.17, 15) is 9.59 Å². The van der Waals surface area contributed by atoms with Crippen LogP contribution in [-0.4, -0.2) is 54.4 Å². The predicted molar refractivity (Wildman–Crippen MR) is 80.2 cm³/mol. The molecule has 0 saturated carbocycles. The number of rotatable bonds is 3. The summed E-state index contributed by atoms with van der Waals surface area (Å²) >= 11 is 0. The molecular weight excluding hydrogens is 270 g/mol. The Bertz CT molecular complexity index is 537. The molecule has 1 fully saturated rings. The van der Waals surface area contributed by atoms with Gasteiger partial charge in [0.25, 0.3) is 5.91 Å². The Kier molecular flexibility index (Phi) is 4.67. The second kappa shape index (κ2) is 6.47. The summed E-state index contributed by atoms with van der Waals surface area (Å²) in [5, 5.41) is 0. The lowest BCUT2D eigenvalue weighted by molar-refractivity contribution is -0.130. The second-order valence-electron chi connectivity index (χ2n) is 4.95. The van der Waals surface area contributed by atoms with Crippen LogP contribution < -0.4 is 10.5 Å². The maximum absolute atomic E-state index is 12.7. The fourth-order valence-corrected chi connectivity index (χ4v) is 2.44. The highest BCUT2D eigenvalue weighted by Crippen LogP contribution is 2.26. The molecule has 0 aliphatic carbocycles. The number of hydrogen-bond acceptors (Lipinski definition) is 4. The van der Waals surface area contributed by atoms with Crippen molar-refractivity contribution in [3.8, 4) is 5.75 Å². The minimum absolute atomic E-state index is 0.0383. The van der Waals surface area contributed by atoms with E-state index in [0.717, 1.165) is 0 Å². The zero-order valence-corrected chi connectivity index (χ0v) is 12.5. The van der Waals surface area contributed by atoms with Crippen LogP contribution in [0.1, 0.15) is 24.2 Å². The molecule has 114 valence electrons. The van der Waals surface area contributed by atoms with Crippen LogP contribution in [-0.2, 0) is 4.79 Å². The van der Waals surface area contributed by atoms with Crippen molar-refractivity contribution in [1.82, 2.24) is 9.80 Å². The molecule has 0 spiro atoms. The highest BCUT2D eigenvalue weighted by Gasteiger charge is 2.26. The van der Waals surface area contributed by atoms with Gasteiger partial charge in [-0.2, -0.15) is 0 Å². The highest BCUT2D eigenvalue weighted by molar-refractivity contribution is 6.02. The zero-order valence-electron chi connectivity index (χ0n) is 12.5. The molecule has 2 amide bonds. The van der Waals surface area contributed by atoms with Crippen molar-refractivity contribution >= 4 is 17.5 Å². The fourth-order valence-electron chi connectivity index (χ4n) is 2.44. The molecular formula is C15H21N3O3. The Morgan fingerprint density at radius 2 is 1.81 bits per heavy atom. The van der Waals surface area contributed by atoms with E-state index in [2.05, 4.69) is 0 Å². The van der Waals surface area contributed by atoms with Crippen LogP contribution in [0.3, 0.4) is 0 Å². The fraction of sp³-hybridized carbons (Fsp3) is 0.467. The van der Waals surface area contributed by atoms with Crippen LogP contribution in [0, 0.1) is 0 Å². The van der Waals surface area contributed by atoms with Crippen molar-refractivity contribution < 1.29 is 14.3 Å². The third-order valence-corrected chi connectivity index (χ3v) is 3.58. The van der Waals surface area contributed by atoms with Crippen molar-refractivity contribution in [2.75, 3.05) is 38.5 Å². The molecule has 2 rings (SSSR count). The van der Waals surface area contributed by atoms with Gasteiger partial charge in [-0.3, -0.25) is 9.59 Å². The molecule has 1 aliphatic rings. The first-order valence-electron chi connectivity index (χ1n) is 7.10. The van der Waals surface area contributed by atoms with Crippen molar-refractivity contribution in [3.05, 3.63) is 23.8 Å². The standard InChI is InChI=1S/C15H21N3O3/c1-3-21-13-6-4-5-12(16)14(13)15(20)18-9-7-17(8-10-18)11(2)19/h4-6H,3,7-10,16H2,1-2H3. The molecule has 0 aromatic heterocycles. The predicted octanol–water partition coefficient (Wildman–Crippen LogP) is 0.972. The Morgan fingerprint density at radius 1 is 1.19 bits per heavy atom. The number of piperazine rings is 1. The molecule has 0 atom stereocenters. The molecule has 21 heavy (non-hydrogen) atoms. The van der Waals surface area contributed by atoms with E-state index in [1.807, 2.05) is 6.92 Å². The minimum Gasteiger partial charge on any atom is -0.493 e. The molecule has 1 saturated heterocycles. The molecule has 1 aliphatic heterocycles. The summed E-state index contributed by atoms with van der Waals surface area (Å²) in [6.07, 6.45) is 0. The monoisotopic (exact) mass is 291 g/mol. The van der Waals surface area contributed by atoms with Crippen LogP contribution >= 0.6 is 0 Å². The van der Waals surface area contributed by atoms with Gasteiger partial charge >= 0.3 is 0 Å². The number of anilines is 1. The van der Waals surface area contributed by atoms with E-state index in [4.69, 9.17) is 10.5 Å². The van der Waals surface area contributed by atoms with E-state index in [-0.39, 0.29) is 11.8 Å². The molecule has 0 bridgehead atoms. The van der Waals surface area contributed by atoms with Gasteiger partial charge in [-0.1, -0.05) is 6.07 Å². The number of nitrogen functional groups attached to an aromatic ring is 1. The lowest BCUT2D eigenvalue weighted by atomic mass is 10.1. The van der Waals surface area contributed by atoms with E-state index in [1.165, 1.54) is 0 Å². The number of carbonyl (C=O) groups is 2. The number of hydrogen-bond donors (Lipinski definition) is 1. The van der Waals surface area contributed by atoms with Gasteiger partial charge < -0.3 is 20.3 Å². The van der Waals surface area contributed by atoms with Gasteiger partial charge in [-0.15, -0.1) is 0 Å². The molecule has 6 heteroatoms. The van der Waals surface area contributed by atoms with Crippen LogP contribution in [0.2, 0.25) is 0 Å². The quantitative estimate of drug-likeness (QED) is 0.842. The topological polar surface area (TPSA) is 75.9 Å². The molecule has 1 aromatic rings. The Hall–Kier alpha value is -2.24. The largest absolute Gasteiger partial charge is 0.493 e. The Morgan fingerprint density at radius 3 is 2.38 bits per heavy atom. The molecule has 1 heterocycles. The van der Waals surface area contributed by atoms with Gasteiger partial charge in [0.05, 0.1) is 6.61 Å². The maximum atomic E-state index is 12.7. The lowest BCUT2D eigenvalue weighted by Gasteiger charge is -2.34. The van der Waals surface area contributed by atoms with Crippen molar-refractivity contribution in [3.63, 3.8) is 0 Å². The summed E-state index contributed by atoms with van der Waals surface area (Å²) < 4.78 is 5.50. The van der Waals surface area contributed by atoms with Gasteiger partial charge in [0.1, 0.15) is 11.3 Å². The number of nitrogens with two attached hydrogens (primary N) is 1. The first-order chi connectivity index (χ1) is 10.0. The average Bonchev–Trinajstić information content (AvgIpc) is 2.47. The smallest absolute Gasteiger partial charge is 0.259 e. The summed E-state index contributed by atoms with van der Waals surface area (Å²) in [7, 11) is 0.